The van der Waals surface area contributed by atoms with Crippen LogP contribution in [0.4, 0.5) is 8.78 Å². The van der Waals surface area contributed by atoms with E-state index in [2.05, 4.69) is 195 Å². The largest absolute Gasteiger partial charge is 0.493 e. The third-order valence-corrected chi connectivity index (χ3v) is 22.1. The first kappa shape index (κ1) is 103. The number of furan rings is 1. The SMILES string of the molecule is CCC(C)(C)c1cc(-c2occc2/C=C/C(C)=C/C(=O)O)c(OCC(F)CF)c(C(C)(C)CC)c1.CCCCOc1c(-c2sccc2/C=C/C(C)=C/C(=O)O)cc(C(C)C)cc1C(C)C.CCOc1c(-c2cnccc2/C=C/C(C)=C/C(=O)O)cc(C(C)C)cc1C(C)C.CCOc1c(-c2ncccc2/C=C/C(C)=C/C(=O)O)cc(C(C)C)cc1C(C)C. The number of carbonyl (C=O) groups is 4. The highest BCUT2D eigenvalue weighted by atomic mass is 32.1. The zero-order chi connectivity index (χ0) is 91.8. The lowest BCUT2D eigenvalue weighted by molar-refractivity contribution is -0.132. The fourth-order valence-corrected chi connectivity index (χ4v) is 14.1. The summed E-state index contributed by atoms with van der Waals surface area (Å²) in [6, 6.07) is 27.2. The fourth-order valence-electron chi connectivity index (χ4n) is 13.2. The maximum Gasteiger partial charge on any atom is 0.328 e. The van der Waals surface area contributed by atoms with Crippen LogP contribution in [0.3, 0.4) is 0 Å². The molecule has 662 valence electrons. The highest BCUT2D eigenvalue weighted by molar-refractivity contribution is 7.14. The van der Waals surface area contributed by atoms with Gasteiger partial charge in [-0.05, 0) is 233 Å². The molecule has 0 amide bonds. The van der Waals surface area contributed by atoms with Crippen molar-refractivity contribution in [1.29, 1.82) is 0 Å². The van der Waals surface area contributed by atoms with E-state index in [0.717, 1.165) is 115 Å². The summed E-state index contributed by atoms with van der Waals surface area (Å²) in [4.78, 5) is 53.8. The van der Waals surface area contributed by atoms with Crippen LogP contribution < -0.4 is 18.9 Å². The van der Waals surface area contributed by atoms with E-state index in [-0.39, 0.29) is 10.8 Å². The Morgan fingerprint density at radius 1 is 0.488 bits per heavy atom. The topological polar surface area (TPSA) is 225 Å². The number of alkyl halides is 2. The van der Waals surface area contributed by atoms with E-state index in [1.165, 1.54) is 51.6 Å². The normalized spacial score (nSPS) is 12.7. The number of carboxylic acid groups (broad SMARTS) is 4. The van der Waals surface area contributed by atoms with E-state index in [1.807, 2.05) is 74.7 Å². The van der Waals surface area contributed by atoms with Gasteiger partial charge >= 0.3 is 23.9 Å². The quantitative estimate of drug-likeness (QED) is 0.0160. The van der Waals surface area contributed by atoms with Crippen LogP contribution in [-0.4, -0.2) is 93.5 Å². The van der Waals surface area contributed by atoms with Crippen molar-refractivity contribution in [3.63, 3.8) is 0 Å². The number of thiophene rings is 1. The van der Waals surface area contributed by atoms with Gasteiger partial charge in [-0.2, -0.15) is 0 Å². The van der Waals surface area contributed by atoms with Gasteiger partial charge in [-0.1, -0.05) is 217 Å². The van der Waals surface area contributed by atoms with Gasteiger partial charge < -0.3 is 43.8 Å². The van der Waals surface area contributed by atoms with Crippen molar-refractivity contribution in [3.05, 3.63) is 247 Å². The molecule has 4 N–H and O–H groups in total. The molecule has 8 rings (SSSR count). The molecular weight excluding hydrogens is 1570 g/mol. The number of rotatable bonds is 38. The van der Waals surface area contributed by atoms with Gasteiger partial charge in [-0.15, -0.1) is 11.3 Å². The van der Waals surface area contributed by atoms with Gasteiger partial charge in [-0.25, -0.2) is 28.0 Å². The molecule has 18 heteroatoms. The molecule has 0 fully saturated rings. The summed E-state index contributed by atoms with van der Waals surface area (Å²) >= 11 is 1.70. The summed E-state index contributed by atoms with van der Waals surface area (Å²) in [5.41, 5.74) is 20.9. The standard InChI is InChI=1S/C29H38F2O4.C26H34O3S.2C25H31NO3/c1-8-28(4,5)21-15-23(26-20(12-13-34-26)11-10-19(3)14-25(32)33)27(35-18-22(31)17-30)24(16-21)29(6,7)9-2;1-7-8-12-29-25-22(18(4)5)15-21(17(2)3)16-23(25)26-20(11-13-30-26)10-9-19(6)14-24(27)28;1-7-29-25-21(17(4)5)13-20(16(2)3)14-22(25)23-15-26-11-10-19(23)9-8-18(6)12-24(27)28;1-7-29-25-21(17(4)5)14-20(16(2)3)15-22(25)24-19(9-8-12-26-24)11-10-18(6)13-23(27)28/h10-16,22H,8-9,17-18H2,1-7H3,(H,32,33);9-11,13-18H,7-8,12H2,1-6H3,(H,27,28);2*8-17H,7H2,1-6H3,(H,27,28)/b11-10+,19-14+;10-9+,19-14+;9-8+,18-12+;11-10+,18-13+. The Labute approximate surface area is 735 Å². The average Bonchev–Trinajstić information content (AvgIpc) is 1.73. The molecular formula is C105H134F2N2O13S. The third kappa shape index (κ3) is 30.8. The molecule has 4 aromatic heterocycles. The summed E-state index contributed by atoms with van der Waals surface area (Å²) in [6.45, 7) is 52.6. The molecule has 0 aliphatic rings. The van der Waals surface area contributed by atoms with Gasteiger partial charge in [0.2, 0.25) is 0 Å². The lowest BCUT2D eigenvalue weighted by Gasteiger charge is -2.32. The molecule has 4 heterocycles. The van der Waals surface area contributed by atoms with Crippen LogP contribution >= 0.6 is 11.3 Å². The van der Waals surface area contributed by atoms with Gasteiger partial charge in [0.15, 0.2) is 6.17 Å². The van der Waals surface area contributed by atoms with Gasteiger partial charge in [0.05, 0.1) is 37.3 Å². The molecule has 0 radical (unpaired) electrons. The van der Waals surface area contributed by atoms with Crippen LogP contribution in [0, 0.1) is 0 Å². The number of unbranched alkanes of at least 4 members (excludes halogenated alkanes) is 1. The highest BCUT2D eigenvalue weighted by Gasteiger charge is 2.32. The zero-order valence-corrected chi connectivity index (χ0v) is 78.1. The Hall–Kier alpha value is -11.0. The molecule has 1 atom stereocenters. The Kier molecular flexibility index (Phi) is 41.2. The number of aromatic nitrogens is 2. The first-order valence-electron chi connectivity index (χ1n) is 42.9. The smallest absolute Gasteiger partial charge is 0.328 e. The number of allylic oxidation sites excluding steroid dienone is 8. The van der Waals surface area contributed by atoms with Gasteiger partial charge in [-0.3, -0.25) is 9.97 Å². The van der Waals surface area contributed by atoms with Crippen molar-refractivity contribution in [2.24, 2.45) is 0 Å². The summed E-state index contributed by atoms with van der Waals surface area (Å²) < 4.78 is 57.3. The second kappa shape index (κ2) is 49.3. The van der Waals surface area contributed by atoms with Crippen LogP contribution in [0.2, 0.25) is 0 Å². The zero-order valence-electron chi connectivity index (χ0n) is 77.2. The minimum atomic E-state index is -1.73. The molecule has 15 nitrogen and oxygen atoms in total. The number of hydrogen-bond acceptors (Lipinski definition) is 12. The Morgan fingerprint density at radius 3 is 1.40 bits per heavy atom. The molecule has 0 bridgehead atoms. The lowest BCUT2D eigenvalue weighted by Crippen LogP contribution is -2.23. The molecule has 0 aliphatic heterocycles. The van der Waals surface area contributed by atoms with E-state index in [1.54, 1.807) is 82.0 Å². The van der Waals surface area contributed by atoms with Crippen molar-refractivity contribution >= 4 is 59.5 Å². The van der Waals surface area contributed by atoms with E-state index >= 15 is 0 Å². The second-order valence-corrected chi connectivity index (χ2v) is 34.9. The summed E-state index contributed by atoms with van der Waals surface area (Å²) in [6.07, 6.45) is 28.5. The molecule has 0 saturated heterocycles. The minimum absolute atomic E-state index is 0.142. The van der Waals surface area contributed by atoms with Crippen molar-refractivity contribution in [2.75, 3.05) is 33.1 Å². The predicted molar refractivity (Wildman–Crippen MR) is 505 cm³/mol. The number of hydrogen-bond donors (Lipinski definition) is 4. The average molecular weight is 1700 g/mol. The van der Waals surface area contributed by atoms with Gasteiger partial charge in [0.1, 0.15) is 42.0 Å². The highest BCUT2D eigenvalue weighted by Crippen LogP contribution is 2.49. The number of aliphatic carboxylic acids is 4. The van der Waals surface area contributed by atoms with Crippen LogP contribution in [0.1, 0.15) is 301 Å². The van der Waals surface area contributed by atoms with Gasteiger partial charge in [0, 0.05) is 86.7 Å². The predicted octanol–water partition coefficient (Wildman–Crippen LogP) is 28.8. The minimum Gasteiger partial charge on any atom is -0.493 e. The van der Waals surface area contributed by atoms with E-state index in [4.69, 9.17) is 43.8 Å². The summed E-state index contributed by atoms with van der Waals surface area (Å²) in [7, 11) is 0. The van der Waals surface area contributed by atoms with E-state index in [9.17, 15) is 28.0 Å². The van der Waals surface area contributed by atoms with Gasteiger partial charge in [0.25, 0.3) is 0 Å². The molecule has 123 heavy (non-hydrogen) atoms. The number of benzene rings is 4. The Bertz CT molecular complexity index is 4950. The van der Waals surface area contributed by atoms with Crippen LogP contribution in [0.5, 0.6) is 23.0 Å². The molecule has 0 saturated carbocycles. The van der Waals surface area contributed by atoms with Crippen molar-refractivity contribution in [1.82, 2.24) is 9.97 Å². The van der Waals surface area contributed by atoms with Crippen LogP contribution in [0.25, 0.3) is 68.5 Å². The molecule has 0 spiro atoms. The number of pyridine rings is 2. The first-order valence-corrected chi connectivity index (χ1v) is 43.8. The molecule has 4 aromatic carbocycles. The monoisotopic (exact) mass is 1700 g/mol. The van der Waals surface area contributed by atoms with Crippen molar-refractivity contribution in [2.45, 2.75) is 251 Å². The van der Waals surface area contributed by atoms with Crippen LogP contribution in [0.15, 0.2) is 184 Å². The van der Waals surface area contributed by atoms with E-state index in [0.29, 0.717) is 94.7 Å². The number of halogens is 2. The summed E-state index contributed by atoms with van der Waals surface area (Å²) in [5.74, 6) is 2.09. The maximum atomic E-state index is 13.9. The van der Waals surface area contributed by atoms with Crippen LogP contribution in [-0.2, 0) is 30.0 Å². The number of carboxylic acids is 4. The number of ether oxygens (including phenoxy) is 4. The molecule has 1 unspecified atom stereocenters. The Balaban J connectivity index is 0.000000292. The number of nitrogens with zero attached hydrogens (tertiary/aromatic N) is 2. The van der Waals surface area contributed by atoms with E-state index < -0.39 is 43.3 Å². The fraction of sp³-hybridized carbons (Fsp3) is 0.410. The lowest BCUT2D eigenvalue weighted by atomic mass is 9.75. The molecule has 0 aliphatic carbocycles. The maximum absolute atomic E-state index is 13.9. The third-order valence-electron chi connectivity index (χ3n) is 21.2. The van der Waals surface area contributed by atoms with Crippen molar-refractivity contribution in [3.8, 4) is 67.1 Å². The van der Waals surface area contributed by atoms with Crippen molar-refractivity contribution < 1.29 is 71.7 Å². The first-order chi connectivity index (χ1) is 58.1. The Morgan fingerprint density at radius 2 is 0.943 bits per heavy atom. The molecule has 8 aromatic rings. The second-order valence-electron chi connectivity index (χ2n) is 33.9. The summed E-state index contributed by atoms with van der Waals surface area (Å²) in [5, 5.41) is 37.9.